The fraction of sp³-hybridized carbons (Fsp3) is 0.273. The van der Waals surface area contributed by atoms with E-state index >= 15 is 0 Å². The van der Waals surface area contributed by atoms with Gasteiger partial charge in [-0.2, -0.15) is 0 Å². The van der Waals surface area contributed by atoms with Crippen LogP contribution in [0.4, 0.5) is 11.5 Å². The molecule has 2 heterocycles. The van der Waals surface area contributed by atoms with Crippen molar-refractivity contribution in [2.45, 2.75) is 13.5 Å². The Labute approximate surface area is 174 Å². The smallest absolute Gasteiger partial charge is 0.254 e. The van der Waals surface area contributed by atoms with E-state index in [4.69, 9.17) is 5.73 Å². The molecule has 1 aromatic heterocycles. The summed E-state index contributed by atoms with van der Waals surface area (Å²) in [6.45, 7) is 4.73. The number of carbonyl (C=O) groups is 2. The lowest BCUT2D eigenvalue weighted by atomic mass is 10.1. The molecule has 30 heavy (non-hydrogen) atoms. The van der Waals surface area contributed by atoms with Crippen LogP contribution in [0.1, 0.15) is 23.1 Å². The molecule has 0 saturated carbocycles. The molecule has 0 unspecified atom stereocenters. The minimum Gasteiger partial charge on any atom is -0.383 e. The number of para-hydroxylation sites is 1. The molecule has 3 aromatic rings. The molecule has 3 N–H and O–H groups in total. The van der Waals surface area contributed by atoms with Gasteiger partial charge in [0.1, 0.15) is 11.6 Å². The van der Waals surface area contributed by atoms with E-state index in [9.17, 15) is 9.59 Å². The van der Waals surface area contributed by atoms with Gasteiger partial charge in [-0.25, -0.2) is 9.97 Å². The van der Waals surface area contributed by atoms with Crippen molar-refractivity contribution in [3.63, 3.8) is 0 Å². The first kappa shape index (κ1) is 19.8. The summed E-state index contributed by atoms with van der Waals surface area (Å²) in [5, 5.41) is 3.57. The van der Waals surface area contributed by atoms with Crippen LogP contribution >= 0.6 is 0 Å². The highest BCUT2D eigenvalue weighted by molar-refractivity contribution is 5.97. The molecule has 8 heteroatoms. The number of amides is 2. The third-order valence-electron chi connectivity index (χ3n) is 5.13. The molecule has 0 radical (unpaired) electrons. The summed E-state index contributed by atoms with van der Waals surface area (Å²) in [5.41, 5.74) is 8.12. The number of fused-ring (bicyclic) bond motifs is 1. The molecular formula is C22H24N6O2. The number of piperazine rings is 1. The molecular weight excluding hydrogens is 380 g/mol. The van der Waals surface area contributed by atoms with Gasteiger partial charge in [-0.15, -0.1) is 0 Å². The molecule has 0 bridgehead atoms. The third kappa shape index (κ3) is 4.38. The van der Waals surface area contributed by atoms with E-state index in [1.54, 1.807) is 24.3 Å². The van der Waals surface area contributed by atoms with E-state index in [-0.39, 0.29) is 11.8 Å². The van der Waals surface area contributed by atoms with Crippen molar-refractivity contribution >= 4 is 34.2 Å². The average Bonchev–Trinajstić information content (AvgIpc) is 2.73. The van der Waals surface area contributed by atoms with E-state index in [0.717, 1.165) is 24.0 Å². The standard InChI is InChI=1S/C22H24N6O2/c1-15(29)24-17-6-4-5-16(13-17)22(30)28-11-9-27(10-12-28)14-20-25-19-8-3-2-7-18(19)21(23)26-20/h2-8,13H,9-12,14H2,1H3,(H,24,29)(H2,23,25,26). The lowest BCUT2D eigenvalue weighted by molar-refractivity contribution is -0.114. The average molecular weight is 404 g/mol. The highest BCUT2D eigenvalue weighted by atomic mass is 16.2. The van der Waals surface area contributed by atoms with Gasteiger partial charge in [-0.1, -0.05) is 18.2 Å². The number of hydrogen-bond acceptors (Lipinski definition) is 6. The predicted molar refractivity (Wildman–Crippen MR) is 116 cm³/mol. The second kappa shape index (κ2) is 8.46. The highest BCUT2D eigenvalue weighted by Gasteiger charge is 2.23. The third-order valence-corrected chi connectivity index (χ3v) is 5.13. The maximum atomic E-state index is 12.8. The number of nitrogens with zero attached hydrogens (tertiary/aromatic N) is 4. The lowest BCUT2D eigenvalue weighted by Crippen LogP contribution is -2.48. The van der Waals surface area contributed by atoms with Crippen LogP contribution in [0.3, 0.4) is 0 Å². The molecule has 0 atom stereocenters. The van der Waals surface area contributed by atoms with E-state index in [1.807, 2.05) is 29.2 Å². The Bertz CT molecular complexity index is 1090. The van der Waals surface area contributed by atoms with Crippen molar-refractivity contribution in [2.75, 3.05) is 37.2 Å². The summed E-state index contributed by atoms with van der Waals surface area (Å²) in [7, 11) is 0. The molecule has 1 saturated heterocycles. The van der Waals surface area contributed by atoms with Gasteiger partial charge in [0, 0.05) is 49.7 Å². The first-order chi connectivity index (χ1) is 14.5. The number of rotatable bonds is 4. The molecule has 2 amide bonds. The quantitative estimate of drug-likeness (QED) is 0.690. The number of hydrogen-bond donors (Lipinski definition) is 2. The minimum absolute atomic E-state index is 0.0342. The Hall–Kier alpha value is -3.52. The molecule has 0 spiro atoms. The number of nitrogen functional groups attached to an aromatic ring is 1. The van der Waals surface area contributed by atoms with Crippen LogP contribution < -0.4 is 11.1 Å². The Kier molecular flexibility index (Phi) is 5.58. The topological polar surface area (TPSA) is 104 Å². The lowest BCUT2D eigenvalue weighted by Gasteiger charge is -2.34. The molecule has 2 aromatic carbocycles. The van der Waals surface area contributed by atoms with Gasteiger partial charge < -0.3 is 16.0 Å². The van der Waals surface area contributed by atoms with Crippen LogP contribution in [-0.4, -0.2) is 57.8 Å². The number of aromatic nitrogens is 2. The number of nitrogens with one attached hydrogen (secondary N) is 1. The molecule has 1 aliphatic heterocycles. The molecule has 4 rings (SSSR count). The second-order valence-corrected chi connectivity index (χ2v) is 7.37. The van der Waals surface area contributed by atoms with Gasteiger partial charge in [-0.05, 0) is 30.3 Å². The van der Waals surface area contributed by atoms with Crippen LogP contribution in [0.2, 0.25) is 0 Å². The molecule has 1 aliphatic rings. The van der Waals surface area contributed by atoms with Crippen LogP contribution in [0.5, 0.6) is 0 Å². The normalized spacial score (nSPS) is 14.6. The van der Waals surface area contributed by atoms with Crippen molar-refractivity contribution in [1.29, 1.82) is 0 Å². The van der Waals surface area contributed by atoms with Crippen LogP contribution in [0, 0.1) is 0 Å². The fourth-order valence-corrected chi connectivity index (χ4v) is 3.65. The molecule has 154 valence electrons. The van der Waals surface area contributed by atoms with Crippen molar-refractivity contribution in [3.8, 4) is 0 Å². The van der Waals surface area contributed by atoms with Gasteiger partial charge in [0.2, 0.25) is 5.91 Å². The largest absolute Gasteiger partial charge is 0.383 e. The SMILES string of the molecule is CC(=O)Nc1cccc(C(=O)N2CCN(Cc3nc(N)c4ccccc4n3)CC2)c1. The van der Waals surface area contributed by atoms with Crippen molar-refractivity contribution in [2.24, 2.45) is 0 Å². The maximum absolute atomic E-state index is 12.8. The van der Waals surface area contributed by atoms with Gasteiger partial charge in [0.25, 0.3) is 5.91 Å². The summed E-state index contributed by atoms with van der Waals surface area (Å²) in [6, 6.07) is 14.7. The van der Waals surface area contributed by atoms with Crippen LogP contribution in [0.15, 0.2) is 48.5 Å². The number of nitrogens with two attached hydrogens (primary N) is 1. The first-order valence-electron chi connectivity index (χ1n) is 9.90. The number of benzene rings is 2. The zero-order valence-corrected chi connectivity index (χ0v) is 16.8. The van der Waals surface area contributed by atoms with E-state index in [0.29, 0.717) is 42.5 Å². The van der Waals surface area contributed by atoms with Crippen LogP contribution in [0.25, 0.3) is 10.9 Å². The van der Waals surface area contributed by atoms with Crippen LogP contribution in [-0.2, 0) is 11.3 Å². The van der Waals surface area contributed by atoms with E-state index in [2.05, 4.69) is 20.2 Å². The molecule has 0 aliphatic carbocycles. The monoisotopic (exact) mass is 404 g/mol. The van der Waals surface area contributed by atoms with Crippen molar-refractivity contribution in [3.05, 3.63) is 59.9 Å². The number of carbonyl (C=O) groups excluding carboxylic acids is 2. The van der Waals surface area contributed by atoms with Crippen molar-refractivity contribution in [1.82, 2.24) is 19.8 Å². The predicted octanol–water partition coefficient (Wildman–Crippen LogP) is 2.13. The van der Waals surface area contributed by atoms with E-state index < -0.39 is 0 Å². The summed E-state index contributed by atoms with van der Waals surface area (Å²) >= 11 is 0. The Morgan fingerprint density at radius 2 is 1.80 bits per heavy atom. The summed E-state index contributed by atoms with van der Waals surface area (Å²) < 4.78 is 0. The highest BCUT2D eigenvalue weighted by Crippen LogP contribution is 2.19. The van der Waals surface area contributed by atoms with Gasteiger partial charge in [0.05, 0.1) is 12.1 Å². The minimum atomic E-state index is -0.162. The van der Waals surface area contributed by atoms with Crippen molar-refractivity contribution < 1.29 is 9.59 Å². The summed E-state index contributed by atoms with van der Waals surface area (Å²) in [6.07, 6.45) is 0. The van der Waals surface area contributed by atoms with Gasteiger partial charge in [-0.3, -0.25) is 14.5 Å². The van der Waals surface area contributed by atoms with Gasteiger partial charge >= 0.3 is 0 Å². The van der Waals surface area contributed by atoms with Gasteiger partial charge in [0.15, 0.2) is 0 Å². The maximum Gasteiger partial charge on any atom is 0.254 e. The zero-order valence-electron chi connectivity index (χ0n) is 16.8. The van der Waals surface area contributed by atoms with E-state index in [1.165, 1.54) is 6.92 Å². The zero-order chi connectivity index (χ0) is 21.1. The first-order valence-corrected chi connectivity index (χ1v) is 9.90. The summed E-state index contributed by atoms with van der Waals surface area (Å²) in [4.78, 5) is 37.2. The molecule has 1 fully saturated rings. The fourth-order valence-electron chi connectivity index (χ4n) is 3.65. The Morgan fingerprint density at radius 1 is 1.03 bits per heavy atom. The second-order valence-electron chi connectivity index (χ2n) is 7.37. The summed E-state index contributed by atoms with van der Waals surface area (Å²) in [5.74, 6) is 0.982. The Morgan fingerprint density at radius 3 is 2.57 bits per heavy atom. The number of anilines is 2. The Balaban J connectivity index is 1.38. The molecule has 8 nitrogen and oxygen atoms in total.